The number of hydrogen-bond acceptors (Lipinski definition) is 2. The van der Waals surface area contributed by atoms with Gasteiger partial charge in [0.1, 0.15) is 17.2 Å². The number of hydrogen-bond donors (Lipinski definition) is 2. The second kappa shape index (κ2) is 6.33. The van der Waals surface area contributed by atoms with Crippen LogP contribution in [0.1, 0.15) is 30.9 Å². The van der Waals surface area contributed by atoms with E-state index in [1.807, 2.05) is 6.92 Å². The van der Waals surface area contributed by atoms with Crippen LogP contribution in [-0.2, 0) is 5.60 Å². The molecule has 0 aliphatic heterocycles. The highest BCUT2D eigenvalue weighted by molar-refractivity contribution is 5.38. The van der Waals surface area contributed by atoms with E-state index in [2.05, 4.69) is 0 Å². The molecule has 0 unspecified atom stereocenters. The lowest BCUT2D eigenvalue weighted by atomic mass is 9.79. The predicted molar refractivity (Wildman–Crippen MR) is 78.7 cm³/mol. The molecule has 2 aromatic carbocycles. The van der Waals surface area contributed by atoms with Gasteiger partial charge in [-0.05, 0) is 41.8 Å². The fourth-order valence-corrected chi connectivity index (χ4v) is 2.52. The van der Waals surface area contributed by atoms with Gasteiger partial charge in [-0.2, -0.15) is 0 Å². The van der Waals surface area contributed by atoms with E-state index in [1.165, 1.54) is 48.5 Å². The molecular weight excluding hydrogens is 272 g/mol. The molecule has 2 rings (SSSR count). The minimum absolute atomic E-state index is 0.385. The second-order valence-electron chi connectivity index (χ2n) is 5.18. The van der Waals surface area contributed by atoms with Gasteiger partial charge in [-0.15, -0.1) is 0 Å². The van der Waals surface area contributed by atoms with Crippen molar-refractivity contribution in [3.63, 3.8) is 0 Å². The monoisotopic (exact) mass is 291 g/mol. The number of rotatable bonds is 5. The van der Waals surface area contributed by atoms with Gasteiger partial charge in [-0.3, -0.25) is 0 Å². The molecule has 0 saturated heterocycles. The molecule has 1 atom stereocenters. The Bertz CT molecular complexity index is 535. The minimum atomic E-state index is -1.47. The normalized spacial score (nSPS) is 13.2. The maximum Gasteiger partial charge on any atom is 0.130 e. The summed E-state index contributed by atoms with van der Waals surface area (Å²) in [6.07, 6.45) is 1.39. The first-order chi connectivity index (χ1) is 9.98. The van der Waals surface area contributed by atoms with Crippen LogP contribution in [0.15, 0.2) is 48.5 Å². The lowest BCUT2D eigenvalue weighted by Crippen LogP contribution is -2.46. The van der Waals surface area contributed by atoms with Gasteiger partial charge in [0.15, 0.2) is 0 Å². The average molecular weight is 291 g/mol. The fourth-order valence-electron chi connectivity index (χ4n) is 2.52. The van der Waals surface area contributed by atoms with Crippen LogP contribution in [0.2, 0.25) is 0 Å². The highest BCUT2D eigenvalue weighted by Gasteiger charge is 2.37. The molecule has 4 heteroatoms. The van der Waals surface area contributed by atoms with Crippen LogP contribution in [0.5, 0.6) is 0 Å². The van der Waals surface area contributed by atoms with E-state index < -0.39 is 11.6 Å². The van der Waals surface area contributed by atoms with Crippen molar-refractivity contribution in [3.8, 4) is 0 Å². The molecule has 112 valence electrons. The Balaban J connectivity index is 2.53. The van der Waals surface area contributed by atoms with Crippen molar-refractivity contribution in [2.75, 3.05) is 0 Å². The summed E-state index contributed by atoms with van der Waals surface area (Å²) in [5.41, 5.74) is 5.68. The summed E-state index contributed by atoms with van der Waals surface area (Å²) in [4.78, 5) is 0. The zero-order valence-electron chi connectivity index (χ0n) is 11.9. The topological polar surface area (TPSA) is 46.2 Å². The lowest BCUT2D eigenvalue weighted by molar-refractivity contribution is 0.0482. The Morgan fingerprint density at radius 1 is 0.952 bits per heavy atom. The fraction of sp³-hybridized carbons (Fsp3) is 0.294. The Hall–Kier alpha value is -1.78. The van der Waals surface area contributed by atoms with E-state index in [9.17, 15) is 13.9 Å². The average Bonchev–Trinajstić information content (AvgIpc) is 2.48. The predicted octanol–water partition coefficient (Wildman–Crippen LogP) is 3.33. The molecule has 0 aliphatic rings. The van der Waals surface area contributed by atoms with E-state index in [-0.39, 0.29) is 11.6 Å². The number of nitrogens with two attached hydrogens (primary N) is 1. The van der Waals surface area contributed by atoms with Gasteiger partial charge in [-0.1, -0.05) is 37.6 Å². The van der Waals surface area contributed by atoms with Crippen molar-refractivity contribution in [2.24, 2.45) is 5.73 Å². The van der Waals surface area contributed by atoms with Gasteiger partial charge in [-0.25, -0.2) is 8.78 Å². The molecule has 0 bridgehead atoms. The molecule has 0 saturated carbocycles. The van der Waals surface area contributed by atoms with E-state index in [4.69, 9.17) is 5.73 Å². The summed E-state index contributed by atoms with van der Waals surface area (Å²) in [6, 6.07) is 10.6. The summed E-state index contributed by atoms with van der Waals surface area (Å²) in [5.74, 6) is -0.770. The molecule has 2 aromatic rings. The van der Waals surface area contributed by atoms with Gasteiger partial charge in [0.05, 0.1) is 0 Å². The molecule has 0 spiro atoms. The standard InChI is InChI=1S/C17H19F2NO/c1-2-3-16(20)17(21,12-4-8-14(18)9-5-12)13-6-10-15(19)11-7-13/h4-11,16,21H,2-3,20H2,1H3/t16-/m0/s1. The van der Waals surface area contributed by atoms with Gasteiger partial charge in [0.25, 0.3) is 0 Å². The van der Waals surface area contributed by atoms with E-state index in [1.54, 1.807) is 0 Å². The van der Waals surface area contributed by atoms with E-state index in [0.29, 0.717) is 17.5 Å². The molecule has 0 heterocycles. The Kier molecular flexibility index (Phi) is 4.70. The second-order valence-corrected chi connectivity index (χ2v) is 5.18. The first-order valence-corrected chi connectivity index (χ1v) is 6.98. The third-order valence-electron chi connectivity index (χ3n) is 3.70. The minimum Gasteiger partial charge on any atom is -0.379 e. The van der Waals surface area contributed by atoms with Crippen LogP contribution in [0.25, 0.3) is 0 Å². The summed E-state index contributed by atoms with van der Waals surface area (Å²) >= 11 is 0. The number of halogens is 2. The Labute approximate surface area is 123 Å². The van der Waals surface area contributed by atoms with Crippen molar-refractivity contribution in [1.29, 1.82) is 0 Å². The largest absolute Gasteiger partial charge is 0.379 e. The van der Waals surface area contributed by atoms with Gasteiger partial charge in [0, 0.05) is 6.04 Å². The van der Waals surface area contributed by atoms with Crippen molar-refractivity contribution < 1.29 is 13.9 Å². The summed E-state index contributed by atoms with van der Waals surface area (Å²) < 4.78 is 26.2. The van der Waals surface area contributed by atoms with Crippen molar-refractivity contribution in [3.05, 3.63) is 71.3 Å². The molecule has 0 radical (unpaired) electrons. The van der Waals surface area contributed by atoms with Gasteiger partial charge >= 0.3 is 0 Å². The lowest BCUT2D eigenvalue weighted by Gasteiger charge is -2.35. The third-order valence-corrected chi connectivity index (χ3v) is 3.70. The Morgan fingerprint density at radius 2 is 1.33 bits per heavy atom. The zero-order valence-corrected chi connectivity index (χ0v) is 11.9. The molecule has 2 nitrogen and oxygen atoms in total. The van der Waals surface area contributed by atoms with Crippen molar-refractivity contribution >= 4 is 0 Å². The van der Waals surface area contributed by atoms with Crippen LogP contribution in [0.3, 0.4) is 0 Å². The van der Waals surface area contributed by atoms with E-state index >= 15 is 0 Å². The van der Waals surface area contributed by atoms with Crippen molar-refractivity contribution in [2.45, 2.75) is 31.4 Å². The summed E-state index contributed by atoms with van der Waals surface area (Å²) in [6.45, 7) is 1.97. The molecule has 0 fully saturated rings. The van der Waals surface area contributed by atoms with Crippen molar-refractivity contribution in [1.82, 2.24) is 0 Å². The SMILES string of the molecule is CCC[C@H](N)C(O)(c1ccc(F)cc1)c1ccc(F)cc1. The highest BCUT2D eigenvalue weighted by atomic mass is 19.1. The summed E-state index contributed by atoms with van der Waals surface area (Å²) in [5, 5.41) is 11.2. The molecule has 3 N–H and O–H groups in total. The smallest absolute Gasteiger partial charge is 0.130 e. The maximum atomic E-state index is 13.1. The molecule has 0 amide bonds. The summed E-state index contributed by atoms with van der Waals surface area (Å²) in [7, 11) is 0. The van der Waals surface area contributed by atoms with Crippen LogP contribution in [-0.4, -0.2) is 11.1 Å². The molecular formula is C17H19F2NO. The highest BCUT2D eigenvalue weighted by Crippen LogP contribution is 2.34. The molecule has 0 aliphatic carbocycles. The van der Waals surface area contributed by atoms with Crippen LogP contribution < -0.4 is 5.73 Å². The maximum absolute atomic E-state index is 13.1. The van der Waals surface area contributed by atoms with Gasteiger partial charge < -0.3 is 10.8 Å². The van der Waals surface area contributed by atoms with Crippen LogP contribution in [0, 0.1) is 11.6 Å². The first kappa shape index (κ1) is 15.6. The molecule has 21 heavy (non-hydrogen) atoms. The number of benzene rings is 2. The van der Waals surface area contributed by atoms with Crippen LogP contribution >= 0.6 is 0 Å². The third kappa shape index (κ3) is 3.12. The van der Waals surface area contributed by atoms with E-state index in [0.717, 1.165) is 6.42 Å². The van der Waals surface area contributed by atoms with Gasteiger partial charge in [0.2, 0.25) is 0 Å². The van der Waals surface area contributed by atoms with Crippen LogP contribution in [0.4, 0.5) is 8.78 Å². The first-order valence-electron chi connectivity index (χ1n) is 6.98. The zero-order chi connectivity index (χ0) is 15.5. The number of aliphatic hydroxyl groups is 1. The Morgan fingerprint density at radius 3 is 1.67 bits per heavy atom. The quantitative estimate of drug-likeness (QED) is 0.887. The molecule has 0 aromatic heterocycles.